The van der Waals surface area contributed by atoms with Crippen LogP contribution < -0.4 is 5.32 Å². The zero-order valence-electron chi connectivity index (χ0n) is 17.3. The van der Waals surface area contributed by atoms with E-state index in [2.05, 4.69) is 5.32 Å². The fourth-order valence-corrected chi connectivity index (χ4v) is 3.26. The van der Waals surface area contributed by atoms with Crippen LogP contribution in [0.5, 0.6) is 0 Å². The van der Waals surface area contributed by atoms with Crippen LogP contribution in [-0.4, -0.2) is 35.4 Å². The van der Waals surface area contributed by atoms with E-state index in [9.17, 15) is 14.4 Å². The first-order valence-electron chi connectivity index (χ1n) is 9.65. The molecule has 0 fully saturated rings. The summed E-state index contributed by atoms with van der Waals surface area (Å²) >= 11 is 0. The predicted octanol–water partition coefficient (Wildman–Crippen LogP) is 3.56. The summed E-state index contributed by atoms with van der Waals surface area (Å²) in [5, 5.41) is 2.48. The Morgan fingerprint density at radius 2 is 1.60 bits per heavy atom. The van der Waals surface area contributed by atoms with Crippen molar-refractivity contribution in [2.45, 2.75) is 20.8 Å². The molecule has 2 aromatic carbocycles. The first-order chi connectivity index (χ1) is 14.4. The van der Waals surface area contributed by atoms with Gasteiger partial charge in [-0.1, -0.05) is 35.9 Å². The Hall–Kier alpha value is -3.67. The monoisotopic (exact) mass is 404 g/mol. The summed E-state index contributed by atoms with van der Waals surface area (Å²) < 4.78 is 7.05. The SMILES string of the molecule is Cc1ccc(-n2c(C)cc(C(=O)COC(=O)CNC(=O)c3ccccc3)c2C)cc1. The number of ether oxygens (including phenoxy) is 1. The molecule has 0 spiro atoms. The van der Waals surface area contributed by atoms with Gasteiger partial charge in [0.15, 0.2) is 6.61 Å². The molecule has 6 heteroatoms. The Morgan fingerprint density at radius 3 is 2.27 bits per heavy atom. The smallest absolute Gasteiger partial charge is 0.325 e. The molecule has 3 aromatic rings. The summed E-state index contributed by atoms with van der Waals surface area (Å²) in [6.07, 6.45) is 0. The molecule has 1 heterocycles. The minimum atomic E-state index is -0.667. The number of nitrogens with zero attached hydrogens (tertiary/aromatic N) is 1. The van der Waals surface area contributed by atoms with Crippen LogP contribution in [-0.2, 0) is 9.53 Å². The van der Waals surface area contributed by atoms with Crippen LogP contribution in [0.2, 0.25) is 0 Å². The number of benzene rings is 2. The number of ketones is 1. The first-order valence-corrected chi connectivity index (χ1v) is 9.65. The van der Waals surface area contributed by atoms with Gasteiger partial charge in [-0.05, 0) is 51.1 Å². The molecule has 0 saturated carbocycles. The molecule has 1 N–H and O–H groups in total. The van der Waals surface area contributed by atoms with Gasteiger partial charge < -0.3 is 14.6 Å². The van der Waals surface area contributed by atoms with E-state index in [1.165, 1.54) is 0 Å². The number of esters is 1. The molecule has 3 rings (SSSR count). The van der Waals surface area contributed by atoms with Crippen molar-refractivity contribution in [1.29, 1.82) is 0 Å². The van der Waals surface area contributed by atoms with Crippen LogP contribution in [0, 0.1) is 20.8 Å². The Bertz CT molecular complexity index is 1070. The molecule has 0 atom stereocenters. The van der Waals surface area contributed by atoms with E-state index in [1.807, 2.05) is 49.6 Å². The molecule has 0 saturated heterocycles. The summed E-state index contributed by atoms with van der Waals surface area (Å²) in [7, 11) is 0. The number of aromatic nitrogens is 1. The Balaban J connectivity index is 1.58. The second kappa shape index (κ2) is 9.22. The largest absolute Gasteiger partial charge is 0.456 e. The zero-order valence-corrected chi connectivity index (χ0v) is 17.3. The van der Waals surface area contributed by atoms with Gasteiger partial charge in [0.1, 0.15) is 6.54 Å². The zero-order chi connectivity index (χ0) is 21.7. The topological polar surface area (TPSA) is 77.4 Å². The summed E-state index contributed by atoms with van der Waals surface area (Å²) in [5.74, 6) is -1.33. The average Bonchev–Trinajstić information content (AvgIpc) is 3.05. The van der Waals surface area contributed by atoms with Crippen LogP contribution in [0.4, 0.5) is 0 Å². The van der Waals surface area contributed by atoms with Gasteiger partial charge in [-0.15, -0.1) is 0 Å². The molecule has 0 unspecified atom stereocenters. The number of aryl methyl sites for hydroxylation is 2. The number of carbonyl (C=O) groups excluding carboxylic acids is 3. The van der Waals surface area contributed by atoms with Crippen LogP contribution >= 0.6 is 0 Å². The molecule has 0 radical (unpaired) electrons. The first kappa shape index (κ1) is 21.0. The molecule has 0 aliphatic carbocycles. The Morgan fingerprint density at radius 1 is 0.933 bits per heavy atom. The third-order valence-corrected chi connectivity index (χ3v) is 4.82. The predicted molar refractivity (Wildman–Crippen MR) is 114 cm³/mol. The van der Waals surface area contributed by atoms with Crippen molar-refractivity contribution in [2.75, 3.05) is 13.2 Å². The maximum Gasteiger partial charge on any atom is 0.325 e. The highest BCUT2D eigenvalue weighted by Crippen LogP contribution is 2.21. The van der Waals surface area contributed by atoms with E-state index in [4.69, 9.17) is 4.74 Å². The van der Waals surface area contributed by atoms with E-state index in [-0.39, 0.29) is 24.8 Å². The molecule has 154 valence electrons. The minimum absolute atomic E-state index is 0.288. The van der Waals surface area contributed by atoms with Gasteiger partial charge in [-0.2, -0.15) is 0 Å². The maximum absolute atomic E-state index is 12.6. The molecular formula is C24H24N2O4. The Labute approximate surface area is 175 Å². The highest BCUT2D eigenvalue weighted by atomic mass is 16.5. The van der Waals surface area contributed by atoms with E-state index in [0.717, 1.165) is 22.6 Å². The number of rotatable bonds is 7. The molecule has 0 aliphatic heterocycles. The highest BCUT2D eigenvalue weighted by Gasteiger charge is 2.18. The standard InChI is InChI=1S/C24H24N2O4/c1-16-9-11-20(12-10-16)26-17(2)13-21(18(26)3)22(27)15-30-23(28)14-25-24(29)19-7-5-4-6-8-19/h4-13H,14-15H2,1-3H3,(H,25,29). The van der Waals surface area contributed by atoms with Gasteiger partial charge >= 0.3 is 5.97 Å². The van der Waals surface area contributed by atoms with Crippen molar-refractivity contribution in [2.24, 2.45) is 0 Å². The van der Waals surface area contributed by atoms with Gasteiger partial charge in [0, 0.05) is 28.2 Å². The number of nitrogens with one attached hydrogen (secondary N) is 1. The van der Waals surface area contributed by atoms with E-state index < -0.39 is 5.97 Å². The van der Waals surface area contributed by atoms with Gasteiger partial charge in [0.2, 0.25) is 5.78 Å². The molecule has 1 aromatic heterocycles. The van der Waals surface area contributed by atoms with Crippen molar-refractivity contribution in [3.05, 3.63) is 88.7 Å². The van der Waals surface area contributed by atoms with Crippen LogP contribution in [0.25, 0.3) is 5.69 Å². The van der Waals surface area contributed by atoms with Crippen molar-refractivity contribution in [3.63, 3.8) is 0 Å². The van der Waals surface area contributed by atoms with Crippen LogP contribution in [0.1, 0.15) is 37.7 Å². The fraction of sp³-hybridized carbons (Fsp3) is 0.208. The molecule has 0 bridgehead atoms. The third kappa shape index (κ3) is 4.84. The normalized spacial score (nSPS) is 10.5. The summed E-state index contributed by atoms with van der Waals surface area (Å²) in [5.41, 5.74) is 4.79. The lowest BCUT2D eigenvalue weighted by Crippen LogP contribution is -2.31. The number of amides is 1. The van der Waals surface area contributed by atoms with E-state index >= 15 is 0 Å². The molecule has 6 nitrogen and oxygen atoms in total. The van der Waals surface area contributed by atoms with Gasteiger partial charge in [0.25, 0.3) is 5.91 Å². The summed E-state index contributed by atoms with van der Waals surface area (Å²) in [6, 6.07) is 18.4. The van der Waals surface area contributed by atoms with Crippen molar-refractivity contribution in [3.8, 4) is 5.69 Å². The molecular weight excluding hydrogens is 380 g/mol. The van der Waals surface area contributed by atoms with Gasteiger partial charge in [0.05, 0.1) is 0 Å². The second-order valence-electron chi connectivity index (χ2n) is 7.09. The fourth-order valence-electron chi connectivity index (χ4n) is 3.26. The molecule has 30 heavy (non-hydrogen) atoms. The van der Waals surface area contributed by atoms with Crippen molar-refractivity contribution < 1.29 is 19.1 Å². The quantitative estimate of drug-likeness (QED) is 0.483. The lowest BCUT2D eigenvalue weighted by Gasteiger charge is -2.10. The minimum Gasteiger partial charge on any atom is -0.456 e. The van der Waals surface area contributed by atoms with E-state index in [1.54, 1.807) is 36.4 Å². The third-order valence-electron chi connectivity index (χ3n) is 4.82. The Kier molecular flexibility index (Phi) is 6.47. The number of carbonyl (C=O) groups is 3. The molecule has 1 amide bonds. The number of Topliss-reactive ketones (excluding diaryl/α,β-unsaturated/α-hetero) is 1. The van der Waals surface area contributed by atoms with Crippen LogP contribution in [0.15, 0.2) is 60.7 Å². The summed E-state index contributed by atoms with van der Waals surface area (Å²) in [6.45, 7) is 5.13. The highest BCUT2D eigenvalue weighted by molar-refractivity contribution is 6.00. The maximum atomic E-state index is 12.6. The van der Waals surface area contributed by atoms with Gasteiger partial charge in [-0.25, -0.2) is 0 Å². The average molecular weight is 404 g/mol. The molecule has 0 aliphatic rings. The van der Waals surface area contributed by atoms with Crippen molar-refractivity contribution >= 4 is 17.7 Å². The van der Waals surface area contributed by atoms with E-state index in [0.29, 0.717) is 11.1 Å². The van der Waals surface area contributed by atoms with Gasteiger partial charge in [-0.3, -0.25) is 14.4 Å². The lowest BCUT2D eigenvalue weighted by molar-refractivity contribution is -0.141. The number of hydrogen-bond donors (Lipinski definition) is 1. The second-order valence-corrected chi connectivity index (χ2v) is 7.09. The van der Waals surface area contributed by atoms with Crippen molar-refractivity contribution in [1.82, 2.24) is 9.88 Å². The number of hydrogen-bond acceptors (Lipinski definition) is 4. The van der Waals surface area contributed by atoms with Crippen LogP contribution in [0.3, 0.4) is 0 Å². The lowest BCUT2D eigenvalue weighted by atomic mass is 10.1. The summed E-state index contributed by atoms with van der Waals surface area (Å²) in [4.78, 5) is 36.5.